The van der Waals surface area contributed by atoms with Crippen molar-refractivity contribution in [2.24, 2.45) is 11.3 Å². The topological polar surface area (TPSA) is 40.5 Å². The second kappa shape index (κ2) is 11.6. The molecule has 0 aliphatic carbocycles. The van der Waals surface area contributed by atoms with Crippen LogP contribution in [0.2, 0.25) is 0 Å². The summed E-state index contributed by atoms with van der Waals surface area (Å²) < 4.78 is 0. The maximum absolute atomic E-state index is 10.1. The fourth-order valence-corrected chi connectivity index (χ4v) is 2.89. The number of unbranched alkanes of at least 4 members (excludes halogenated alkanes) is 5. The Balaban J connectivity index is 3.56. The highest BCUT2D eigenvalue weighted by Gasteiger charge is 2.28. The SMILES string of the molecule is CCC(O)C(C)(CC)CCCCCCCCC(C)CO. The van der Waals surface area contributed by atoms with Gasteiger partial charge in [0.1, 0.15) is 0 Å². The van der Waals surface area contributed by atoms with Crippen molar-refractivity contribution in [3.05, 3.63) is 0 Å². The molecule has 2 nitrogen and oxygen atoms in total. The molecule has 0 saturated heterocycles. The molecule has 0 aliphatic rings. The Morgan fingerprint density at radius 1 is 0.950 bits per heavy atom. The van der Waals surface area contributed by atoms with Gasteiger partial charge in [-0.1, -0.05) is 66.2 Å². The first kappa shape index (κ1) is 19.9. The molecular weight excluding hydrogens is 248 g/mol. The van der Waals surface area contributed by atoms with Crippen LogP contribution in [0.5, 0.6) is 0 Å². The van der Waals surface area contributed by atoms with E-state index in [0.29, 0.717) is 12.5 Å². The van der Waals surface area contributed by atoms with E-state index < -0.39 is 0 Å². The van der Waals surface area contributed by atoms with Crippen LogP contribution in [0.15, 0.2) is 0 Å². The van der Waals surface area contributed by atoms with Crippen LogP contribution in [0.1, 0.15) is 91.9 Å². The van der Waals surface area contributed by atoms with E-state index in [4.69, 9.17) is 5.11 Å². The quantitative estimate of drug-likeness (QED) is 0.472. The molecular formula is C18H38O2. The maximum atomic E-state index is 10.1. The molecule has 2 N–H and O–H groups in total. The molecule has 0 aromatic heterocycles. The monoisotopic (exact) mass is 286 g/mol. The summed E-state index contributed by atoms with van der Waals surface area (Å²) in [5.74, 6) is 0.468. The van der Waals surface area contributed by atoms with Crippen molar-refractivity contribution in [3.63, 3.8) is 0 Å². The van der Waals surface area contributed by atoms with Crippen molar-refractivity contribution in [2.75, 3.05) is 6.61 Å². The Labute approximate surface area is 127 Å². The second-order valence-electron chi connectivity index (χ2n) is 6.88. The predicted molar refractivity (Wildman–Crippen MR) is 87.9 cm³/mol. The average Bonchev–Trinajstić information content (AvgIpc) is 2.48. The van der Waals surface area contributed by atoms with Gasteiger partial charge in [0.15, 0.2) is 0 Å². The molecule has 0 saturated carbocycles. The molecule has 3 atom stereocenters. The second-order valence-corrected chi connectivity index (χ2v) is 6.88. The number of aliphatic hydroxyl groups is 2. The van der Waals surface area contributed by atoms with Crippen LogP contribution in [0.4, 0.5) is 0 Å². The maximum Gasteiger partial charge on any atom is 0.0591 e. The van der Waals surface area contributed by atoms with E-state index in [-0.39, 0.29) is 11.5 Å². The first-order valence-corrected chi connectivity index (χ1v) is 8.79. The molecule has 0 aromatic carbocycles. The number of rotatable bonds is 13. The molecule has 3 unspecified atom stereocenters. The molecule has 0 rings (SSSR count). The smallest absolute Gasteiger partial charge is 0.0591 e. The Kier molecular flexibility index (Phi) is 11.5. The molecule has 20 heavy (non-hydrogen) atoms. The fraction of sp³-hybridized carbons (Fsp3) is 1.00. The Hall–Kier alpha value is -0.0800. The summed E-state index contributed by atoms with van der Waals surface area (Å²) in [5.41, 5.74) is 0.116. The Morgan fingerprint density at radius 3 is 2.00 bits per heavy atom. The van der Waals surface area contributed by atoms with Crippen molar-refractivity contribution in [1.29, 1.82) is 0 Å². The molecule has 2 heteroatoms. The minimum absolute atomic E-state index is 0.116. The minimum atomic E-state index is -0.146. The Morgan fingerprint density at radius 2 is 1.50 bits per heavy atom. The molecule has 0 aromatic rings. The van der Waals surface area contributed by atoms with E-state index in [1.165, 1.54) is 38.5 Å². The molecule has 122 valence electrons. The van der Waals surface area contributed by atoms with Crippen LogP contribution < -0.4 is 0 Å². The first-order chi connectivity index (χ1) is 9.50. The lowest BCUT2D eigenvalue weighted by molar-refractivity contribution is 0.0231. The van der Waals surface area contributed by atoms with Crippen molar-refractivity contribution in [2.45, 2.75) is 98.0 Å². The van der Waals surface area contributed by atoms with E-state index in [9.17, 15) is 5.11 Å². The summed E-state index contributed by atoms with van der Waals surface area (Å²) in [6.07, 6.45) is 11.8. The van der Waals surface area contributed by atoms with Crippen molar-refractivity contribution < 1.29 is 10.2 Å². The minimum Gasteiger partial charge on any atom is -0.396 e. The van der Waals surface area contributed by atoms with E-state index >= 15 is 0 Å². The molecule has 0 aliphatic heterocycles. The summed E-state index contributed by atoms with van der Waals surface area (Å²) in [7, 11) is 0. The highest BCUT2D eigenvalue weighted by atomic mass is 16.3. The average molecular weight is 286 g/mol. The summed E-state index contributed by atoms with van der Waals surface area (Å²) in [6, 6.07) is 0. The summed E-state index contributed by atoms with van der Waals surface area (Å²) >= 11 is 0. The van der Waals surface area contributed by atoms with Gasteiger partial charge in [0.25, 0.3) is 0 Å². The molecule has 0 bridgehead atoms. The predicted octanol–water partition coefficient (Wildman–Crippen LogP) is 4.92. The molecule has 0 radical (unpaired) electrons. The van der Waals surface area contributed by atoms with Gasteiger partial charge in [-0.15, -0.1) is 0 Å². The zero-order chi connectivity index (χ0) is 15.4. The van der Waals surface area contributed by atoms with Gasteiger partial charge in [-0.05, 0) is 37.0 Å². The number of aliphatic hydroxyl groups excluding tert-OH is 2. The van der Waals surface area contributed by atoms with Crippen molar-refractivity contribution in [1.82, 2.24) is 0 Å². The Bertz CT molecular complexity index is 217. The van der Waals surface area contributed by atoms with Gasteiger partial charge in [-0.25, -0.2) is 0 Å². The van der Waals surface area contributed by atoms with Gasteiger partial charge in [-0.3, -0.25) is 0 Å². The third-order valence-corrected chi connectivity index (χ3v) is 5.01. The third-order valence-electron chi connectivity index (χ3n) is 5.01. The molecule has 0 spiro atoms. The normalized spacial score (nSPS) is 17.7. The highest BCUT2D eigenvalue weighted by molar-refractivity contribution is 4.80. The van der Waals surface area contributed by atoms with E-state index in [1.807, 2.05) is 0 Å². The zero-order valence-corrected chi connectivity index (χ0v) is 14.3. The van der Waals surface area contributed by atoms with E-state index in [1.54, 1.807) is 0 Å². The molecule has 0 heterocycles. The van der Waals surface area contributed by atoms with Crippen molar-refractivity contribution >= 4 is 0 Å². The van der Waals surface area contributed by atoms with E-state index in [2.05, 4.69) is 27.7 Å². The van der Waals surface area contributed by atoms with Crippen LogP contribution in [0, 0.1) is 11.3 Å². The van der Waals surface area contributed by atoms with Crippen LogP contribution in [0.25, 0.3) is 0 Å². The van der Waals surface area contributed by atoms with Crippen LogP contribution in [-0.2, 0) is 0 Å². The summed E-state index contributed by atoms with van der Waals surface area (Å²) in [6.45, 7) is 8.95. The standard InChI is InChI=1S/C18H38O2/c1-5-17(20)18(4,6-2)14-12-10-8-7-9-11-13-16(3)15-19/h16-17,19-20H,5-15H2,1-4H3. The van der Waals surface area contributed by atoms with Crippen molar-refractivity contribution in [3.8, 4) is 0 Å². The number of hydrogen-bond donors (Lipinski definition) is 2. The van der Waals surface area contributed by atoms with Gasteiger partial charge in [0.2, 0.25) is 0 Å². The van der Waals surface area contributed by atoms with E-state index in [0.717, 1.165) is 25.7 Å². The zero-order valence-electron chi connectivity index (χ0n) is 14.3. The molecule has 0 amide bonds. The summed E-state index contributed by atoms with van der Waals surface area (Å²) in [4.78, 5) is 0. The summed E-state index contributed by atoms with van der Waals surface area (Å²) in [5, 5.41) is 19.1. The lowest BCUT2D eigenvalue weighted by atomic mass is 9.76. The number of hydrogen-bond acceptors (Lipinski definition) is 2. The van der Waals surface area contributed by atoms with Gasteiger partial charge in [-0.2, -0.15) is 0 Å². The van der Waals surface area contributed by atoms with Gasteiger partial charge in [0.05, 0.1) is 6.10 Å². The highest BCUT2D eigenvalue weighted by Crippen LogP contribution is 2.34. The van der Waals surface area contributed by atoms with Crippen LogP contribution in [-0.4, -0.2) is 22.9 Å². The first-order valence-electron chi connectivity index (χ1n) is 8.79. The van der Waals surface area contributed by atoms with Gasteiger partial charge >= 0.3 is 0 Å². The fourth-order valence-electron chi connectivity index (χ4n) is 2.89. The van der Waals surface area contributed by atoms with Gasteiger partial charge < -0.3 is 10.2 Å². The lowest BCUT2D eigenvalue weighted by Gasteiger charge is -2.33. The molecule has 0 fully saturated rings. The van der Waals surface area contributed by atoms with Crippen LogP contribution >= 0.6 is 0 Å². The third kappa shape index (κ3) is 8.26. The largest absolute Gasteiger partial charge is 0.396 e. The van der Waals surface area contributed by atoms with Crippen LogP contribution in [0.3, 0.4) is 0 Å². The van der Waals surface area contributed by atoms with Gasteiger partial charge in [0, 0.05) is 6.61 Å². The lowest BCUT2D eigenvalue weighted by Crippen LogP contribution is -2.31.